The van der Waals surface area contributed by atoms with Gasteiger partial charge in [-0.15, -0.1) is 11.3 Å². The molecule has 0 atom stereocenters. The van der Waals surface area contributed by atoms with Crippen LogP contribution in [0.3, 0.4) is 0 Å². The molecule has 1 fully saturated rings. The molecular formula is C26H31N3OS. The number of amides is 1. The van der Waals surface area contributed by atoms with Gasteiger partial charge in [-0.2, -0.15) is 0 Å². The number of carbonyl (C=O) groups excluding carboxylic acids is 1. The average Bonchev–Trinajstić information content (AvgIpc) is 3.33. The molecule has 2 heterocycles. The van der Waals surface area contributed by atoms with Crippen LogP contribution in [0, 0.1) is 27.7 Å². The van der Waals surface area contributed by atoms with Crippen molar-refractivity contribution in [1.29, 1.82) is 0 Å². The number of aromatic nitrogens is 1. The van der Waals surface area contributed by atoms with Crippen LogP contribution >= 0.6 is 11.3 Å². The minimum Gasteiger partial charge on any atom is -0.343 e. The van der Waals surface area contributed by atoms with Gasteiger partial charge in [0.25, 0.3) is 0 Å². The summed E-state index contributed by atoms with van der Waals surface area (Å²) in [5.74, 6) is 0.296. The third kappa shape index (κ3) is 4.82. The number of likely N-dealkylation sites (tertiary alicyclic amines) is 1. The maximum absolute atomic E-state index is 12.0. The van der Waals surface area contributed by atoms with Crippen LogP contribution in [0.15, 0.2) is 46.8 Å². The summed E-state index contributed by atoms with van der Waals surface area (Å²) in [7, 11) is 0. The number of carbonyl (C=O) groups is 1. The van der Waals surface area contributed by atoms with Crippen molar-refractivity contribution >= 4 is 22.9 Å². The number of benzene rings is 2. The molecule has 0 aliphatic carbocycles. The van der Waals surface area contributed by atoms with E-state index in [-0.39, 0.29) is 0 Å². The van der Waals surface area contributed by atoms with Gasteiger partial charge in [0.15, 0.2) is 4.80 Å². The van der Waals surface area contributed by atoms with Crippen molar-refractivity contribution in [3.63, 3.8) is 0 Å². The lowest BCUT2D eigenvalue weighted by molar-refractivity contribution is -0.127. The van der Waals surface area contributed by atoms with Crippen molar-refractivity contribution in [3.8, 4) is 11.3 Å². The highest BCUT2D eigenvalue weighted by Crippen LogP contribution is 2.25. The van der Waals surface area contributed by atoms with Gasteiger partial charge in [0, 0.05) is 31.4 Å². The van der Waals surface area contributed by atoms with Crippen molar-refractivity contribution in [2.45, 2.75) is 53.5 Å². The van der Waals surface area contributed by atoms with Crippen molar-refractivity contribution in [2.75, 3.05) is 13.1 Å². The summed E-state index contributed by atoms with van der Waals surface area (Å²) >= 11 is 1.69. The maximum Gasteiger partial charge on any atom is 0.222 e. The second kappa shape index (κ2) is 9.23. The molecule has 1 aliphatic heterocycles. The fraction of sp³-hybridized carbons (Fsp3) is 0.385. The maximum atomic E-state index is 12.0. The number of nitrogens with zero attached hydrogens (tertiary/aromatic N) is 3. The molecule has 0 spiro atoms. The molecule has 0 radical (unpaired) electrons. The molecule has 1 aromatic heterocycles. The summed E-state index contributed by atoms with van der Waals surface area (Å²) in [6, 6.07) is 13.1. The molecule has 0 unspecified atom stereocenters. The van der Waals surface area contributed by atoms with E-state index in [0.29, 0.717) is 12.3 Å². The first-order valence-electron chi connectivity index (χ1n) is 11.1. The Labute approximate surface area is 188 Å². The molecule has 31 heavy (non-hydrogen) atoms. The molecular weight excluding hydrogens is 402 g/mol. The topological polar surface area (TPSA) is 37.6 Å². The molecule has 3 aromatic rings. The van der Waals surface area contributed by atoms with Crippen LogP contribution in [0.25, 0.3) is 11.3 Å². The van der Waals surface area contributed by atoms with E-state index in [4.69, 9.17) is 4.99 Å². The number of hydrogen-bond acceptors (Lipinski definition) is 3. The van der Waals surface area contributed by atoms with E-state index in [1.807, 2.05) is 4.90 Å². The van der Waals surface area contributed by atoms with Gasteiger partial charge in [-0.25, -0.2) is 4.99 Å². The number of aryl methyl sites for hydroxylation is 4. The summed E-state index contributed by atoms with van der Waals surface area (Å²) in [5.41, 5.74) is 8.44. The van der Waals surface area contributed by atoms with Crippen LogP contribution in [0.5, 0.6) is 0 Å². The third-order valence-corrected chi connectivity index (χ3v) is 7.03. The zero-order valence-corrected chi connectivity index (χ0v) is 19.8. The van der Waals surface area contributed by atoms with Gasteiger partial charge in [0.1, 0.15) is 0 Å². The largest absolute Gasteiger partial charge is 0.343 e. The van der Waals surface area contributed by atoms with Crippen molar-refractivity contribution in [2.24, 2.45) is 4.99 Å². The van der Waals surface area contributed by atoms with Gasteiger partial charge in [0.2, 0.25) is 5.91 Å². The molecule has 5 heteroatoms. The molecule has 4 rings (SSSR count). The minimum atomic E-state index is 0.296. The standard InChI is InChI=1S/C26H31N3OS/c1-18-8-9-20(3)23(15-18)27-26-29(14-6-13-28-12-5-7-25(28)30)24(17-31-26)22-11-10-19(2)21(4)16-22/h8-11,15-17H,5-7,12-14H2,1-4H3. The summed E-state index contributed by atoms with van der Waals surface area (Å²) < 4.78 is 2.33. The normalized spacial score (nSPS) is 14.6. The van der Waals surface area contributed by atoms with E-state index in [0.717, 1.165) is 43.0 Å². The van der Waals surface area contributed by atoms with E-state index in [1.54, 1.807) is 11.3 Å². The van der Waals surface area contributed by atoms with Gasteiger partial charge in [-0.1, -0.05) is 24.3 Å². The lowest BCUT2D eigenvalue weighted by Gasteiger charge is -2.16. The summed E-state index contributed by atoms with van der Waals surface area (Å²) in [6.07, 6.45) is 2.62. The first-order valence-corrected chi connectivity index (χ1v) is 12.0. The van der Waals surface area contributed by atoms with E-state index in [9.17, 15) is 4.79 Å². The highest BCUT2D eigenvalue weighted by atomic mass is 32.1. The number of rotatable bonds is 6. The quantitative estimate of drug-likeness (QED) is 0.492. The van der Waals surface area contributed by atoms with E-state index < -0.39 is 0 Å². The van der Waals surface area contributed by atoms with Crippen LogP contribution in [0.2, 0.25) is 0 Å². The zero-order valence-electron chi connectivity index (χ0n) is 18.9. The van der Waals surface area contributed by atoms with Crippen LogP contribution in [-0.2, 0) is 11.3 Å². The predicted molar refractivity (Wildman–Crippen MR) is 129 cm³/mol. The predicted octanol–water partition coefficient (Wildman–Crippen LogP) is 5.70. The second-order valence-electron chi connectivity index (χ2n) is 8.59. The van der Waals surface area contributed by atoms with E-state index in [1.165, 1.54) is 33.5 Å². The zero-order chi connectivity index (χ0) is 22.0. The first kappa shape index (κ1) is 21.6. The molecule has 1 amide bonds. The molecule has 162 valence electrons. The second-order valence-corrected chi connectivity index (χ2v) is 9.43. The summed E-state index contributed by atoms with van der Waals surface area (Å²) in [6.45, 7) is 11.1. The van der Waals surface area contributed by atoms with Crippen LogP contribution in [-0.4, -0.2) is 28.5 Å². The minimum absolute atomic E-state index is 0.296. The average molecular weight is 434 g/mol. The molecule has 0 bridgehead atoms. The molecule has 4 nitrogen and oxygen atoms in total. The van der Waals surface area contributed by atoms with Gasteiger partial charge in [-0.05, 0) is 80.5 Å². The van der Waals surface area contributed by atoms with Crippen molar-refractivity contribution < 1.29 is 4.79 Å². The number of thiazole rings is 1. The fourth-order valence-electron chi connectivity index (χ4n) is 4.07. The Morgan fingerprint density at radius 3 is 2.52 bits per heavy atom. The Kier molecular flexibility index (Phi) is 6.42. The number of hydrogen-bond donors (Lipinski definition) is 0. The van der Waals surface area contributed by atoms with E-state index >= 15 is 0 Å². The highest BCUT2D eigenvalue weighted by molar-refractivity contribution is 7.07. The van der Waals surface area contributed by atoms with Crippen molar-refractivity contribution in [3.05, 3.63) is 68.8 Å². The molecule has 1 aliphatic rings. The Hall–Kier alpha value is -2.66. The van der Waals surface area contributed by atoms with Gasteiger partial charge in [-0.3, -0.25) is 4.79 Å². The van der Waals surface area contributed by atoms with Crippen LogP contribution in [0.1, 0.15) is 41.5 Å². The van der Waals surface area contributed by atoms with Crippen LogP contribution < -0.4 is 4.80 Å². The monoisotopic (exact) mass is 433 g/mol. The lowest BCUT2D eigenvalue weighted by atomic mass is 10.0. The van der Waals surface area contributed by atoms with E-state index in [2.05, 4.69) is 74.0 Å². The molecule has 0 N–H and O–H groups in total. The Morgan fingerprint density at radius 1 is 0.968 bits per heavy atom. The molecule has 0 saturated carbocycles. The SMILES string of the molecule is Cc1ccc(C)c(N=c2scc(-c3ccc(C)c(C)c3)n2CCCN2CCCC2=O)c1. The summed E-state index contributed by atoms with van der Waals surface area (Å²) in [5, 5.41) is 2.22. The summed E-state index contributed by atoms with van der Waals surface area (Å²) in [4.78, 5) is 20.1. The fourth-order valence-corrected chi connectivity index (χ4v) is 5.02. The Morgan fingerprint density at radius 2 is 1.77 bits per heavy atom. The van der Waals surface area contributed by atoms with Crippen LogP contribution in [0.4, 0.5) is 5.69 Å². The lowest BCUT2D eigenvalue weighted by Crippen LogP contribution is -2.27. The van der Waals surface area contributed by atoms with Crippen molar-refractivity contribution in [1.82, 2.24) is 9.47 Å². The highest BCUT2D eigenvalue weighted by Gasteiger charge is 2.19. The first-order chi connectivity index (χ1) is 14.9. The van der Waals surface area contributed by atoms with Gasteiger partial charge >= 0.3 is 0 Å². The smallest absolute Gasteiger partial charge is 0.222 e. The van der Waals surface area contributed by atoms with Gasteiger partial charge < -0.3 is 9.47 Å². The Bertz CT molecular complexity index is 1170. The molecule has 2 aromatic carbocycles. The van der Waals surface area contributed by atoms with Gasteiger partial charge in [0.05, 0.1) is 11.4 Å². The third-order valence-electron chi connectivity index (χ3n) is 6.16. The Balaban J connectivity index is 1.71. The molecule has 1 saturated heterocycles.